The molecule has 0 saturated heterocycles. The fourth-order valence-electron chi connectivity index (χ4n) is 0.858. The maximum atomic E-state index is 8.30. The topological polar surface area (TPSA) is 74.7 Å². The van der Waals surface area contributed by atoms with Crippen molar-refractivity contribution in [1.82, 2.24) is 4.98 Å². The molecule has 0 aliphatic carbocycles. The lowest BCUT2D eigenvalue weighted by Gasteiger charge is -2.03. The fraction of sp³-hybridized carbons (Fsp3) is 0.111. The van der Waals surface area contributed by atoms with Crippen LogP contribution in [-0.4, -0.2) is 4.98 Å². The van der Waals surface area contributed by atoms with Crippen molar-refractivity contribution in [3.63, 3.8) is 0 Å². The predicted octanol–water partition coefficient (Wildman–Crippen LogP) is 1.13. The van der Waals surface area contributed by atoms with Crippen molar-refractivity contribution >= 4 is 5.82 Å². The van der Waals surface area contributed by atoms with Crippen LogP contribution in [0.4, 0.5) is 5.82 Å². The van der Waals surface area contributed by atoms with Crippen LogP contribution in [0.25, 0.3) is 0 Å². The molecular weight excluding hydrogens is 164 g/mol. The third kappa shape index (κ3) is 2.83. The number of allylic oxidation sites excluding steroid dienone is 1. The van der Waals surface area contributed by atoms with E-state index in [1.807, 2.05) is 25.1 Å². The number of nitrogens with zero attached hydrogens (tertiary/aromatic N) is 2. The van der Waals surface area contributed by atoms with Crippen molar-refractivity contribution in [2.45, 2.75) is 6.92 Å². The summed E-state index contributed by atoms with van der Waals surface area (Å²) in [7, 11) is 0. The third-order valence-corrected chi connectivity index (χ3v) is 1.41. The predicted molar refractivity (Wildman–Crippen MR) is 50.5 cm³/mol. The molecule has 4 nitrogen and oxygen atoms in total. The van der Waals surface area contributed by atoms with Gasteiger partial charge in [0.25, 0.3) is 0 Å². The van der Waals surface area contributed by atoms with Gasteiger partial charge in [0.15, 0.2) is 0 Å². The van der Waals surface area contributed by atoms with E-state index < -0.39 is 0 Å². The first-order chi connectivity index (χ1) is 6.22. The Kier molecular flexibility index (Phi) is 2.87. The summed E-state index contributed by atoms with van der Waals surface area (Å²) in [5.74, 6) is 0.935. The highest BCUT2D eigenvalue weighted by Gasteiger charge is 1.93. The van der Waals surface area contributed by atoms with E-state index in [9.17, 15) is 0 Å². The number of nitrogens with one attached hydrogen (secondary N) is 1. The summed E-state index contributed by atoms with van der Waals surface area (Å²) < 4.78 is 0. The average molecular weight is 174 g/mol. The van der Waals surface area contributed by atoms with Crippen LogP contribution in [0, 0.1) is 18.3 Å². The second kappa shape index (κ2) is 4.12. The fourth-order valence-corrected chi connectivity index (χ4v) is 0.858. The smallest absolute Gasteiger partial charge is 0.131 e. The zero-order valence-corrected chi connectivity index (χ0v) is 7.28. The van der Waals surface area contributed by atoms with Gasteiger partial charge in [0.05, 0.1) is 12.1 Å². The van der Waals surface area contributed by atoms with Gasteiger partial charge in [-0.2, -0.15) is 5.26 Å². The van der Waals surface area contributed by atoms with Crippen LogP contribution in [0.1, 0.15) is 5.56 Å². The van der Waals surface area contributed by atoms with E-state index >= 15 is 0 Å². The van der Waals surface area contributed by atoms with E-state index in [4.69, 9.17) is 11.0 Å². The molecule has 0 amide bonds. The Balaban J connectivity index is 2.76. The van der Waals surface area contributed by atoms with Crippen molar-refractivity contribution in [3.8, 4) is 6.07 Å². The standard InChI is InChI=1S/C9H10N4/c1-7-3-5-12-9(6-7)13-8(11)2-4-10/h2-3,5-6H,11H2,1H3,(H,12,13)/b8-2-. The molecule has 0 bridgehead atoms. The summed E-state index contributed by atoms with van der Waals surface area (Å²) in [5, 5.41) is 11.1. The van der Waals surface area contributed by atoms with Gasteiger partial charge in [-0.05, 0) is 24.6 Å². The molecule has 66 valence electrons. The lowest BCUT2D eigenvalue weighted by Crippen LogP contribution is -2.09. The normalized spacial score (nSPS) is 10.6. The van der Waals surface area contributed by atoms with E-state index in [0.717, 1.165) is 5.56 Å². The molecule has 1 aromatic heterocycles. The van der Waals surface area contributed by atoms with Gasteiger partial charge < -0.3 is 11.1 Å². The molecule has 0 aromatic carbocycles. The molecule has 1 rings (SSSR count). The molecule has 1 heterocycles. The Hall–Kier alpha value is -2.02. The molecule has 0 spiro atoms. The Morgan fingerprint density at radius 3 is 3.15 bits per heavy atom. The lowest BCUT2D eigenvalue weighted by atomic mass is 10.3. The second-order valence-corrected chi connectivity index (χ2v) is 2.57. The molecule has 0 radical (unpaired) electrons. The number of aromatic nitrogens is 1. The minimum Gasteiger partial charge on any atom is -0.385 e. The summed E-state index contributed by atoms with van der Waals surface area (Å²) in [6, 6.07) is 5.55. The first-order valence-electron chi connectivity index (χ1n) is 3.77. The molecule has 0 fully saturated rings. The average Bonchev–Trinajstić information content (AvgIpc) is 2.04. The molecular formula is C9H10N4. The lowest BCUT2D eigenvalue weighted by molar-refractivity contribution is 1.21. The summed E-state index contributed by atoms with van der Waals surface area (Å²) in [6.07, 6.45) is 2.90. The SMILES string of the molecule is Cc1ccnc(N/C(N)=C\C#N)c1. The number of hydrogen-bond donors (Lipinski definition) is 2. The number of rotatable bonds is 2. The first kappa shape index (κ1) is 9.07. The van der Waals surface area contributed by atoms with Crippen LogP contribution in [-0.2, 0) is 0 Å². The molecule has 13 heavy (non-hydrogen) atoms. The van der Waals surface area contributed by atoms with Crippen molar-refractivity contribution in [1.29, 1.82) is 5.26 Å². The highest BCUT2D eigenvalue weighted by molar-refractivity contribution is 5.42. The summed E-state index contributed by atoms with van der Waals surface area (Å²) in [4.78, 5) is 4.02. The molecule has 3 N–H and O–H groups in total. The molecule has 0 saturated carbocycles. The van der Waals surface area contributed by atoms with Gasteiger partial charge in [0.2, 0.25) is 0 Å². The van der Waals surface area contributed by atoms with E-state index in [1.165, 1.54) is 6.08 Å². The van der Waals surface area contributed by atoms with E-state index in [1.54, 1.807) is 6.20 Å². The highest BCUT2D eigenvalue weighted by atomic mass is 15.1. The number of anilines is 1. The van der Waals surface area contributed by atoms with Crippen LogP contribution >= 0.6 is 0 Å². The number of nitrogens with two attached hydrogens (primary N) is 1. The van der Waals surface area contributed by atoms with Crippen LogP contribution in [0.15, 0.2) is 30.2 Å². The van der Waals surface area contributed by atoms with Crippen molar-refractivity contribution in [2.24, 2.45) is 5.73 Å². The minimum atomic E-state index is 0.292. The molecule has 0 aliphatic heterocycles. The largest absolute Gasteiger partial charge is 0.385 e. The maximum absolute atomic E-state index is 8.30. The molecule has 0 unspecified atom stereocenters. The number of nitriles is 1. The van der Waals surface area contributed by atoms with Crippen LogP contribution in [0.2, 0.25) is 0 Å². The third-order valence-electron chi connectivity index (χ3n) is 1.41. The number of pyridine rings is 1. The quantitative estimate of drug-likeness (QED) is 0.659. The van der Waals surface area contributed by atoms with Gasteiger partial charge in [-0.25, -0.2) is 4.98 Å². The summed E-state index contributed by atoms with van der Waals surface area (Å²) in [5.41, 5.74) is 6.54. The van der Waals surface area contributed by atoms with Gasteiger partial charge in [0, 0.05) is 6.20 Å². The monoisotopic (exact) mass is 174 g/mol. The number of aryl methyl sites for hydroxylation is 1. The molecule has 0 aliphatic rings. The van der Waals surface area contributed by atoms with E-state index in [0.29, 0.717) is 11.6 Å². The zero-order chi connectivity index (χ0) is 9.68. The molecule has 0 atom stereocenters. The van der Waals surface area contributed by atoms with Crippen molar-refractivity contribution in [3.05, 3.63) is 35.8 Å². The van der Waals surface area contributed by atoms with Crippen molar-refractivity contribution in [2.75, 3.05) is 5.32 Å². The highest BCUT2D eigenvalue weighted by Crippen LogP contribution is 2.05. The van der Waals surface area contributed by atoms with Crippen molar-refractivity contribution < 1.29 is 0 Å². The minimum absolute atomic E-state index is 0.292. The van der Waals surface area contributed by atoms with Crippen LogP contribution in [0.5, 0.6) is 0 Å². The summed E-state index contributed by atoms with van der Waals surface area (Å²) in [6.45, 7) is 1.96. The Labute approximate surface area is 76.7 Å². The van der Waals surface area contributed by atoms with Gasteiger partial charge in [-0.3, -0.25) is 0 Å². The second-order valence-electron chi connectivity index (χ2n) is 2.57. The zero-order valence-electron chi connectivity index (χ0n) is 7.28. The molecule has 1 aromatic rings. The Morgan fingerprint density at radius 1 is 1.77 bits per heavy atom. The van der Waals surface area contributed by atoms with E-state index in [2.05, 4.69) is 10.3 Å². The molecule has 4 heteroatoms. The van der Waals surface area contributed by atoms with Gasteiger partial charge in [0.1, 0.15) is 11.6 Å². The summed E-state index contributed by atoms with van der Waals surface area (Å²) >= 11 is 0. The van der Waals surface area contributed by atoms with E-state index in [-0.39, 0.29) is 0 Å². The van der Waals surface area contributed by atoms with Crippen LogP contribution < -0.4 is 11.1 Å². The van der Waals surface area contributed by atoms with Gasteiger partial charge in [-0.15, -0.1) is 0 Å². The van der Waals surface area contributed by atoms with Gasteiger partial charge >= 0.3 is 0 Å². The Bertz CT molecular complexity index is 362. The number of hydrogen-bond acceptors (Lipinski definition) is 4. The van der Waals surface area contributed by atoms with Crippen LogP contribution in [0.3, 0.4) is 0 Å². The Morgan fingerprint density at radius 2 is 2.54 bits per heavy atom. The first-order valence-corrected chi connectivity index (χ1v) is 3.77. The maximum Gasteiger partial charge on any atom is 0.131 e. The van der Waals surface area contributed by atoms with Gasteiger partial charge in [-0.1, -0.05) is 0 Å².